The maximum absolute atomic E-state index is 12.4. The summed E-state index contributed by atoms with van der Waals surface area (Å²) in [5.41, 5.74) is 0. The lowest BCUT2D eigenvalue weighted by atomic mass is 10.1. The summed E-state index contributed by atoms with van der Waals surface area (Å²) < 4.78 is 26.3. The van der Waals surface area contributed by atoms with Crippen LogP contribution in [0.2, 0.25) is 0 Å². The minimum atomic E-state index is -4.77. The van der Waals surface area contributed by atoms with E-state index in [9.17, 15) is 14.2 Å². The molecule has 0 aliphatic heterocycles. The highest BCUT2D eigenvalue weighted by Crippen LogP contribution is 2.35. The van der Waals surface area contributed by atoms with E-state index in [-0.39, 0.29) is 19.4 Å². The molecular formula is C41H65O8P. The van der Waals surface area contributed by atoms with Gasteiger partial charge in [0.1, 0.15) is 6.61 Å². The van der Waals surface area contributed by atoms with Gasteiger partial charge in [-0.1, -0.05) is 143 Å². The van der Waals surface area contributed by atoms with E-state index in [0.717, 1.165) is 83.5 Å². The van der Waals surface area contributed by atoms with Crippen LogP contribution in [0.25, 0.3) is 0 Å². The van der Waals surface area contributed by atoms with E-state index >= 15 is 0 Å². The fourth-order valence-corrected chi connectivity index (χ4v) is 4.79. The molecule has 0 bridgehead atoms. The zero-order valence-corrected chi connectivity index (χ0v) is 31.6. The molecule has 0 rings (SSSR count). The molecular weight excluding hydrogens is 651 g/mol. The van der Waals surface area contributed by atoms with E-state index in [1.807, 2.05) is 36.5 Å². The van der Waals surface area contributed by atoms with Crippen molar-refractivity contribution in [1.29, 1.82) is 0 Å². The Balaban J connectivity index is 4.11. The largest absolute Gasteiger partial charge is 0.469 e. The van der Waals surface area contributed by atoms with E-state index in [4.69, 9.17) is 19.3 Å². The van der Waals surface area contributed by atoms with Gasteiger partial charge in [-0.3, -0.25) is 14.1 Å². The zero-order valence-electron chi connectivity index (χ0n) is 30.7. The average molecular weight is 717 g/mol. The van der Waals surface area contributed by atoms with Crippen LogP contribution in [0.15, 0.2) is 97.2 Å². The number of carbonyl (C=O) groups is 2. The predicted molar refractivity (Wildman–Crippen MR) is 206 cm³/mol. The van der Waals surface area contributed by atoms with Gasteiger partial charge in [-0.25, -0.2) is 4.57 Å². The molecule has 0 aromatic heterocycles. The minimum absolute atomic E-state index is 0.172. The lowest BCUT2D eigenvalue weighted by molar-refractivity contribution is -0.161. The van der Waals surface area contributed by atoms with Gasteiger partial charge in [-0.05, 0) is 70.6 Å². The van der Waals surface area contributed by atoms with Crippen molar-refractivity contribution < 1.29 is 37.9 Å². The monoisotopic (exact) mass is 716 g/mol. The number of ether oxygens (including phenoxy) is 2. The van der Waals surface area contributed by atoms with Crippen LogP contribution in [-0.4, -0.2) is 41.0 Å². The Morgan fingerprint density at radius 3 is 1.64 bits per heavy atom. The Bertz CT molecular complexity index is 1120. The van der Waals surface area contributed by atoms with Crippen LogP contribution < -0.4 is 0 Å². The van der Waals surface area contributed by atoms with Crippen molar-refractivity contribution in [2.24, 2.45) is 0 Å². The number of esters is 2. The molecule has 282 valence electrons. The lowest BCUT2D eigenvalue weighted by Crippen LogP contribution is -2.29. The van der Waals surface area contributed by atoms with E-state index in [1.165, 1.54) is 6.42 Å². The van der Waals surface area contributed by atoms with Gasteiger partial charge in [0, 0.05) is 12.8 Å². The number of phosphoric acid groups is 1. The summed E-state index contributed by atoms with van der Waals surface area (Å²) in [6.07, 6.45) is 48.3. The first-order chi connectivity index (χ1) is 24.3. The fourth-order valence-electron chi connectivity index (χ4n) is 4.43. The van der Waals surface area contributed by atoms with E-state index < -0.39 is 32.5 Å². The first-order valence-corrected chi connectivity index (χ1v) is 20.1. The molecule has 0 saturated heterocycles. The van der Waals surface area contributed by atoms with Crippen LogP contribution in [0.3, 0.4) is 0 Å². The third kappa shape index (κ3) is 37.8. The molecule has 0 amide bonds. The van der Waals surface area contributed by atoms with Crippen molar-refractivity contribution in [3.05, 3.63) is 97.2 Å². The Hall–Kier alpha value is -3.03. The number of rotatable bonds is 32. The third-order valence-corrected chi connectivity index (χ3v) is 7.65. The molecule has 0 heterocycles. The first-order valence-electron chi connectivity index (χ1n) is 18.6. The van der Waals surface area contributed by atoms with Gasteiger partial charge in [0.25, 0.3) is 0 Å². The fraction of sp³-hybridized carbons (Fsp3) is 0.561. The number of hydrogen-bond acceptors (Lipinski definition) is 6. The molecule has 1 atom stereocenters. The summed E-state index contributed by atoms with van der Waals surface area (Å²) in [6, 6.07) is 0. The van der Waals surface area contributed by atoms with Gasteiger partial charge >= 0.3 is 19.8 Å². The van der Waals surface area contributed by atoms with Crippen molar-refractivity contribution in [3.63, 3.8) is 0 Å². The van der Waals surface area contributed by atoms with Crippen LogP contribution in [0.5, 0.6) is 0 Å². The second kappa shape index (κ2) is 35.8. The van der Waals surface area contributed by atoms with Crippen molar-refractivity contribution >= 4 is 19.8 Å². The summed E-state index contributed by atoms with van der Waals surface area (Å²) >= 11 is 0. The van der Waals surface area contributed by atoms with Crippen molar-refractivity contribution in [2.75, 3.05) is 13.2 Å². The smallest absolute Gasteiger partial charge is 0.462 e. The predicted octanol–water partition coefficient (Wildman–Crippen LogP) is 11.1. The molecule has 9 heteroatoms. The molecule has 0 saturated carbocycles. The zero-order chi connectivity index (χ0) is 36.8. The van der Waals surface area contributed by atoms with Gasteiger partial charge < -0.3 is 19.3 Å². The SMILES string of the molecule is CC/C=C/C=C/C=C/C=C/CCCCCCCC(=O)O[C@H](COC(=O)CCCCC/C=C/C/C=C/C/C=C/C/C=C/CCC)COP(=O)(O)O. The number of hydrogen-bond donors (Lipinski definition) is 2. The number of unbranched alkanes of at least 4 members (excludes halogenated alkanes) is 9. The molecule has 0 fully saturated rings. The minimum Gasteiger partial charge on any atom is -0.462 e. The second-order valence-electron chi connectivity index (χ2n) is 11.9. The Kier molecular flexibility index (Phi) is 33.6. The van der Waals surface area contributed by atoms with Gasteiger partial charge in [0.15, 0.2) is 6.10 Å². The normalized spacial score (nSPS) is 13.6. The van der Waals surface area contributed by atoms with Gasteiger partial charge in [-0.2, -0.15) is 0 Å². The molecule has 0 aromatic rings. The third-order valence-electron chi connectivity index (χ3n) is 7.16. The van der Waals surface area contributed by atoms with E-state index in [1.54, 1.807) is 0 Å². The summed E-state index contributed by atoms with van der Waals surface area (Å²) in [4.78, 5) is 42.7. The quantitative estimate of drug-likeness (QED) is 0.0232. The topological polar surface area (TPSA) is 119 Å². The second-order valence-corrected chi connectivity index (χ2v) is 13.1. The van der Waals surface area contributed by atoms with Gasteiger partial charge in [-0.15, -0.1) is 0 Å². The maximum Gasteiger partial charge on any atom is 0.469 e. The Morgan fingerprint density at radius 1 is 0.560 bits per heavy atom. The van der Waals surface area contributed by atoms with Crippen molar-refractivity contribution in [3.8, 4) is 0 Å². The number of phosphoric ester groups is 1. The summed E-state index contributed by atoms with van der Waals surface area (Å²) in [5.74, 6) is -0.961. The molecule has 0 aliphatic rings. The summed E-state index contributed by atoms with van der Waals surface area (Å²) in [7, 11) is -4.77. The van der Waals surface area contributed by atoms with Crippen LogP contribution in [0, 0.1) is 0 Å². The van der Waals surface area contributed by atoms with Crippen molar-refractivity contribution in [1.82, 2.24) is 0 Å². The summed E-state index contributed by atoms with van der Waals surface area (Å²) in [6.45, 7) is 3.40. The van der Waals surface area contributed by atoms with Crippen LogP contribution in [0.1, 0.15) is 129 Å². The molecule has 0 aliphatic carbocycles. The van der Waals surface area contributed by atoms with Gasteiger partial charge in [0.05, 0.1) is 6.61 Å². The molecule has 0 radical (unpaired) electrons. The Labute approximate surface area is 303 Å². The molecule has 50 heavy (non-hydrogen) atoms. The molecule has 0 unspecified atom stereocenters. The lowest BCUT2D eigenvalue weighted by Gasteiger charge is -2.18. The highest BCUT2D eigenvalue weighted by Gasteiger charge is 2.22. The van der Waals surface area contributed by atoms with Crippen LogP contribution >= 0.6 is 7.82 Å². The van der Waals surface area contributed by atoms with E-state index in [0.29, 0.717) is 12.8 Å². The molecule has 0 spiro atoms. The number of carbonyl (C=O) groups excluding carboxylic acids is 2. The average Bonchev–Trinajstić information content (AvgIpc) is 3.08. The Morgan fingerprint density at radius 2 is 1.04 bits per heavy atom. The molecule has 0 aromatic carbocycles. The standard InChI is InChI=1S/C41H65O8P/c1-3-5-7-9-11-13-15-17-19-20-22-23-25-27-29-31-33-35-40(42)47-37-39(38-48-50(44,45)46)49-41(43)36-34-32-30-28-26-24-21-18-16-14-12-10-8-6-4-2/h6-10,12-16,18-21,23,25,39H,3-5,11,17,22,24,26-38H2,1-2H3,(H2,44,45,46)/b8-6+,9-7+,12-10+,15-13+,16-14+,20-19+,21-18+,25-23+/t39-/m1/s1. The molecule has 8 nitrogen and oxygen atoms in total. The van der Waals surface area contributed by atoms with Crippen LogP contribution in [0.4, 0.5) is 0 Å². The number of allylic oxidation sites excluding steroid dienone is 16. The van der Waals surface area contributed by atoms with Crippen molar-refractivity contribution in [2.45, 2.75) is 136 Å². The van der Waals surface area contributed by atoms with Gasteiger partial charge in [0.2, 0.25) is 0 Å². The highest BCUT2D eigenvalue weighted by molar-refractivity contribution is 7.46. The summed E-state index contributed by atoms with van der Waals surface area (Å²) in [5, 5.41) is 0. The first kappa shape index (κ1) is 47.0. The van der Waals surface area contributed by atoms with Crippen LogP contribution in [-0.2, 0) is 28.2 Å². The maximum atomic E-state index is 12.4. The molecule has 2 N–H and O–H groups in total. The van der Waals surface area contributed by atoms with E-state index in [2.05, 4.69) is 79.1 Å². The highest BCUT2D eigenvalue weighted by atomic mass is 31.2.